The van der Waals surface area contributed by atoms with Crippen molar-refractivity contribution in [3.05, 3.63) is 64.7 Å². The van der Waals surface area contributed by atoms with Gasteiger partial charge in [0.1, 0.15) is 0 Å². The van der Waals surface area contributed by atoms with Crippen molar-refractivity contribution in [2.24, 2.45) is 0 Å². The van der Waals surface area contributed by atoms with Crippen molar-refractivity contribution in [3.8, 4) is 0 Å². The molecule has 0 aliphatic carbocycles. The van der Waals surface area contributed by atoms with Gasteiger partial charge in [0, 0.05) is 11.4 Å². The second-order valence-corrected chi connectivity index (χ2v) is 7.81. The van der Waals surface area contributed by atoms with Gasteiger partial charge < -0.3 is 5.11 Å². The molecule has 0 bridgehead atoms. The lowest BCUT2D eigenvalue weighted by Gasteiger charge is -2.07. The molecule has 0 heterocycles. The summed E-state index contributed by atoms with van der Waals surface area (Å²) in [5.41, 5.74) is 1.07. The molecule has 8 heteroatoms. The van der Waals surface area contributed by atoms with Crippen LogP contribution in [0, 0.1) is 0 Å². The molecular formula is C18H18ClNO5S. The van der Waals surface area contributed by atoms with E-state index in [0.29, 0.717) is 11.4 Å². The molecule has 1 amide bonds. The van der Waals surface area contributed by atoms with Gasteiger partial charge in [0.25, 0.3) is 10.0 Å². The summed E-state index contributed by atoms with van der Waals surface area (Å²) in [5, 5.41) is 9.48. The fraction of sp³-hybridized carbons (Fsp3) is 0.222. The van der Waals surface area contributed by atoms with Gasteiger partial charge in [0.05, 0.1) is 10.5 Å². The number of sulfonamides is 1. The van der Waals surface area contributed by atoms with Gasteiger partial charge in [0.2, 0.25) is 5.91 Å². The summed E-state index contributed by atoms with van der Waals surface area (Å²) in [6, 6.07) is 12.1. The van der Waals surface area contributed by atoms with Crippen LogP contribution in [0.4, 0.5) is 0 Å². The maximum absolute atomic E-state index is 12.1. The van der Waals surface area contributed by atoms with Crippen molar-refractivity contribution in [3.63, 3.8) is 0 Å². The molecule has 0 atom stereocenters. The average Bonchev–Trinajstić information content (AvgIpc) is 2.60. The number of hydrogen-bond donors (Lipinski definition) is 2. The molecule has 2 rings (SSSR count). The number of carboxylic acids is 1. The van der Waals surface area contributed by atoms with Crippen LogP contribution >= 0.6 is 11.6 Å². The number of hydrogen-bond acceptors (Lipinski definition) is 4. The van der Waals surface area contributed by atoms with Crippen LogP contribution in [0.2, 0.25) is 5.02 Å². The normalized spacial score (nSPS) is 11.1. The number of carbonyl (C=O) groups is 2. The standard InChI is InChI=1S/C18H18ClNO5S/c19-15-9-5-13(6-10-15)3-1-2-4-17(21)20-26(24,25)16-11-7-14(8-12-16)18(22)23/h5-12H,1-4H2,(H,20,21)(H,22,23). The van der Waals surface area contributed by atoms with Crippen molar-refractivity contribution in [2.75, 3.05) is 0 Å². The van der Waals surface area contributed by atoms with Gasteiger partial charge in [-0.15, -0.1) is 0 Å². The topological polar surface area (TPSA) is 101 Å². The van der Waals surface area contributed by atoms with Crippen molar-refractivity contribution in [1.29, 1.82) is 0 Å². The van der Waals surface area contributed by atoms with Gasteiger partial charge in [-0.25, -0.2) is 17.9 Å². The molecule has 2 aromatic carbocycles. The average molecular weight is 396 g/mol. The van der Waals surface area contributed by atoms with E-state index < -0.39 is 21.9 Å². The molecule has 0 spiro atoms. The molecule has 0 radical (unpaired) electrons. The second kappa shape index (κ2) is 8.82. The zero-order chi connectivity index (χ0) is 19.2. The molecule has 0 saturated carbocycles. The Hall–Kier alpha value is -2.38. The number of aryl methyl sites for hydroxylation is 1. The summed E-state index contributed by atoms with van der Waals surface area (Å²) in [6.07, 6.45) is 2.14. The van der Waals surface area contributed by atoms with Crippen LogP contribution in [0.25, 0.3) is 0 Å². The highest BCUT2D eigenvalue weighted by Gasteiger charge is 2.17. The molecule has 0 saturated heterocycles. The lowest BCUT2D eigenvalue weighted by molar-refractivity contribution is -0.119. The SMILES string of the molecule is O=C(CCCCc1ccc(Cl)cc1)NS(=O)(=O)c1ccc(C(=O)O)cc1. The van der Waals surface area contributed by atoms with Crippen LogP contribution in [0.3, 0.4) is 0 Å². The number of amides is 1. The van der Waals surface area contributed by atoms with Gasteiger partial charge in [-0.05, 0) is 61.2 Å². The van der Waals surface area contributed by atoms with E-state index in [1.165, 1.54) is 12.1 Å². The van der Waals surface area contributed by atoms with E-state index in [2.05, 4.69) is 0 Å². The molecule has 0 aliphatic rings. The van der Waals surface area contributed by atoms with Crippen molar-refractivity contribution in [2.45, 2.75) is 30.6 Å². The predicted octanol–water partition coefficient (Wildman–Crippen LogP) is 3.26. The Balaban J connectivity index is 1.82. The summed E-state index contributed by atoms with van der Waals surface area (Å²) < 4.78 is 26.2. The van der Waals surface area contributed by atoms with Gasteiger partial charge in [-0.2, -0.15) is 0 Å². The van der Waals surface area contributed by atoms with E-state index >= 15 is 0 Å². The highest BCUT2D eigenvalue weighted by atomic mass is 35.5. The zero-order valence-corrected chi connectivity index (χ0v) is 15.4. The van der Waals surface area contributed by atoms with Crippen LogP contribution in [-0.2, 0) is 21.2 Å². The van der Waals surface area contributed by atoms with Crippen LogP contribution in [0.1, 0.15) is 35.2 Å². The smallest absolute Gasteiger partial charge is 0.335 e. The number of benzene rings is 2. The Morgan fingerprint density at radius 3 is 2.15 bits per heavy atom. The molecule has 138 valence electrons. The fourth-order valence-electron chi connectivity index (χ4n) is 2.30. The quantitative estimate of drug-likeness (QED) is 0.668. The summed E-state index contributed by atoms with van der Waals surface area (Å²) >= 11 is 5.81. The van der Waals surface area contributed by atoms with E-state index in [1.54, 1.807) is 12.1 Å². The molecule has 0 aromatic heterocycles. The zero-order valence-electron chi connectivity index (χ0n) is 13.8. The Kier molecular flexibility index (Phi) is 6.76. The Bertz CT molecular complexity index is 877. The molecule has 26 heavy (non-hydrogen) atoms. The molecule has 6 nitrogen and oxygen atoms in total. The molecule has 0 unspecified atom stereocenters. The number of carbonyl (C=O) groups excluding carboxylic acids is 1. The maximum Gasteiger partial charge on any atom is 0.335 e. The number of unbranched alkanes of at least 4 members (excludes halogenated alkanes) is 1. The molecular weight excluding hydrogens is 378 g/mol. The minimum Gasteiger partial charge on any atom is -0.478 e. The minimum atomic E-state index is -4.00. The van der Waals surface area contributed by atoms with E-state index in [1.807, 2.05) is 16.9 Å². The maximum atomic E-state index is 12.1. The Labute approximate surface area is 156 Å². The van der Waals surface area contributed by atoms with Crippen molar-refractivity contribution in [1.82, 2.24) is 4.72 Å². The number of carboxylic acid groups (broad SMARTS) is 1. The predicted molar refractivity (Wildman–Crippen MR) is 97.7 cm³/mol. The molecule has 0 aliphatic heterocycles. The van der Waals surface area contributed by atoms with Gasteiger partial charge in [0.15, 0.2) is 0 Å². The molecule has 2 aromatic rings. The first kappa shape index (κ1) is 19.9. The minimum absolute atomic E-state index is 0.0301. The number of rotatable bonds is 8. The van der Waals surface area contributed by atoms with Gasteiger partial charge in [-0.3, -0.25) is 4.79 Å². The third-order valence-corrected chi connectivity index (χ3v) is 5.33. The monoisotopic (exact) mass is 395 g/mol. The highest BCUT2D eigenvalue weighted by molar-refractivity contribution is 7.90. The Morgan fingerprint density at radius 1 is 0.962 bits per heavy atom. The number of nitrogens with one attached hydrogen (secondary N) is 1. The summed E-state index contributed by atoms with van der Waals surface area (Å²) in [7, 11) is -4.00. The van der Waals surface area contributed by atoms with Crippen molar-refractivity contribution >= 4 is 33.5 Å². The van der Waals surface area contributed by atoms with Crippen LogP contribution in [-0.4, -0.2) is 25.4 Å². The number of aromatic carboxylic acids is 1. The summed E-state index contributed by atoms with van der Waals surface area (Å²) in [4.78, 5) is 22.5. The van der Waals surface area contributed by atoms with E-state index in [9.17, 15) is 18.0 Å². The van der Waals surface area contributed by atoms with E-state index in [0.717, 1.165) is 30.5 Å². The summed E-state index contributed by atoms with van der Waals surface area (Å²) in [5.74, 6) is -1.75. The third-order valence-electron chi connectivity index (χ3n) is 3.69. The lowest BCUT2D eigenvalue weighted by atomic mass is 10.1. The second-order valence-electron chi connectivity index (χ2n) is 5.69. The van der Waals surface area contributed by atoms with E-state index in [4.69, 9.17) is 16.7 Å². The van der Waals surface area contributed by atoms with Crippen molar-refractivity contribution < 1.29 is 23.1 Å². The summed E-state index contributed by atoms with van der Waals surface area (Å²) in [6.45, 7) is 0. The molecule has 0 fully saturated rings. The van der Waals surface area contributed by atoms with Crippen LogP contribution < -0.4 is 4.72 Å². The first-order valence-corrected chi connectivity index (χ1v) is 9.77. The first-order chi connectivity index (χ1) is 12.3. The highest BCUT2D eigenvalue weighted by Crippen LogP contribution is 2.13. The third kappa shape index (κ3) is 5.86. The lowest BCUT2D eigenvalue weighted by Crippen LogP contribution is -2.30. The largest absolute Gasteiger partial charge is 0.478 e. The Morgan fingerprint density at radius 2 is 1.58 bits per heavy atom. The van der Waals surface area contributed by atoms with Crippen LogP contribution in [0.5, 0.6) is 0 Å². The fourth-order valence-corrected chi connectivity index (χ4v) is 3.44. The van der Waals surface area contributed by atoms with E-state index in [-0.39, 0.29) is 16.9 Å². The van der Waals surface area contributed by atoms with Crippen LogP contribution in [0.15, 0.2) is 53.4 Å². The van der Waals surface area contributed by atoms with Gasteiger partial charge in [-0.1, -0.05) is 23.7 Å². The molecule has 2 N–H and O–H groups in total. The van der Waals surface area contributed by atoms with Gasteiger partial charge >= 0.3 is 5.97 Å². The number of halogens is 1. The first-order valence-electron chi connectivity index (χ1n) is 7.91.